The second-order valence-electron chi connectivity index (χ2n) is 4.33. The molecule has 0 N–H and O–H groups in total. The zero-order valence-corrected chi connectivity index (χ0v) is 11.7. The van der Waals surface area contributed by atoms with Crippen molar-refractivity contribution in [3.63, 3.8) is 0 Å². The van der Waals surface area contributed by atoms with E-state index in [1.165, 1.54) is 12.1 Å². The van der Waals surface area contributed by atoms with Gasteiger partial charge in [0.2, 0.25) is 0 Å². The molecule has 0 aliphatic rings. The van der Waals surface area contributed by atoms with E-state index in [2.05, 4.69) is 0 Å². The van der Waals surface area contributed by atoms with Crippen molar-refractivity contribution in [2.75, 3.05) is 0 Å². The van der Waals surface area contributed by atoms with Crippen LogP contribution in [0.2, 0.25) is 0 Å². The molecular formula is C14H12ClF3S. The summed E-state index contributed by atoms with van der Waals surface area (Å²) in [7, 11) is 0. The largest absolute Gasteiger partial charge is 0.416 e. The lowest BCUT2D eigenvalue weighted by atomic mass is 10.1. The standard InChI is InChI=1S/C14H12ClF3S/c1-9-6-7-19-13(9)12(15)8-10-2-4-11(5-3-10)14(16,17)18/h2-7,12H,8H2,1H3. The van der Waals surface area contributed by atoms with Gasteiger partial charge in [0, 0.05) is 4.88 Å². The van der Waals surface area contributed by atoms with Gasteiger partial charge < -0.3 is 0 Å². The Bertz CT molecular complexity index is 543. The number of hydrogen-bond donors (Lipinski definition) is 0. The van der Waals surface area contributed by atoms with Crippen LogP contribution in [0.3, 0.4) is 0 Å². The van der Waals surface area contributed by atoms with E-state index >= 15 is 0 Å². The molecule has 0 bridgehead atoms. The Morgan fingerprint density at radius 2 is 1.79 bits per heavy atom. The lowest BCUT2D eigenvalue weighted by molar-refractivity contribution is -0.137. The summed E-state index contributed by atoms with van der Waals surface area (Å²) in [6, 6.07) is 7.16. The highest BCUT2D eigenvalue weighted by Gasteiger charge is 2.30. The average Bonchev–Trinajstić information content (AvgIpc) is 2.75. The fourth-order valence-electron chi connectivity index (χ4n) is 1.83. The van der Waals surface area contributed by atoms with Gasteiger partial charge in [-0.1, -0.05) is 12.1 Å². The van der Waals surface area contributed by atoms with E-state index < -0.39 is 11.7 Å². The van der Waals surface area contributed by atoms with E-state index in [0.717, 1.165) is 28.1 Å². The number of rotatable bonds is 3. The summed E-state index contributed by atoms with van der Waals surface area (Å²) < 4.78 is 37.3. The van der Waals surface area contributed by atoms with Gasteiger partial charge in [-0.3, -0.25) is 0 Å². The van der Waals surface area contributed by atoms with Crippen molar-refractivity contribution >= 4 is 22.9 Å². The van der Waals surface area contributed by atoms with Gasteiger partial charge in [0.25, 0.3) is 0 Å². The lowest BCUT2D eigenvalue weighted by Crippen LogP contribution is -2.05. The molecule has 0 aliphatic heterocycles. The summed E-state index contributed by atoms with van der Waals surface area (Å²) in [5.41, 5.74) is 1.30. The van der Waals surface area contributed by atoms with Crippen molar-refractivity contribution in [3.8, 4) is 0 Å². The van der Waals surface area contributed by atoms with Crippen LogP contribution in [0.25, 0.3) is 0 Å². The Labute approximate surface area is 118 Å². The summed E-state index contributed by atoms with van der Waals surface area (Å²) in [4.78, 5) is 1.07. The normalized spacial score (nSPS) is 13.5. The van der Waals surface area contributed by atoms with Gasteiger partial charge in [-0.25, -0.2) is 0 Å². The minimum Gasteiger partial charge on any atom is -0.166 e. The summed E-state index contributed by atoms with van der Waals surface area (Å²) >= 11 is 7.88. The molecule has 102 valence electrons. The molecule has 1 heterocycles. The second-order valence-corrected chi connectivity index (χ2v) is 5.81. The molecule has 0 fully saturated rings. The van der Waals surface area contributed by atoms with Crippen molar-refractivity contribution in [1.29, 1.82) is 0 Å². The molecule has 0 radical (unpaired) electrons. The molecule has 2 rings (SSSR count). The van der Waals surface area contributed by atoms with Crippen molar-refractivity contribution in [1.82, 2.24) is 0 Å². The van der Waals surface area contributed by atoms with Crippen LogP contribution in [0.5, 0.6) is 0 Å². The SMILES string of the molecule is Cc1ccsc1C(Cl)Cc1ccc(C(F)(F)F)cc1. The van der Waals surface area contributed by atoms with Gasteiger partial charge in [0.1, 0.15) is 0 Å². The Hall–Kier alpha value is -1.00. The Balaban J connectivity index is 2.10. The van der Waals surface area contributed by atoms with E-state index in [-0.39, 0.29) is 5.38 Å². The van der Waals surface area contributed by atoms with E-state index in [1.807, 2.05) is 18.4 Å². The fraction of sp³-hybridized carbons (Fsp3) is 0.286. The molecule has 2 aromatic rings. The van der Waals surface area contributed by atoms with Crippen molar-refractivity contribution in [2.45, 2.75) is 24.9 Å². The topological polar surface area (TPSA) is 0 Å². The quantitative estimate of drug-likeness (QED) is 0.648. The average molecular weight is 305 g/mol. The fourth-order valence-corrected chi connectivity index (χ4v) is 3.24. The molecule has 0 spiro atoms. The highest BCUT2D eigenvalue weighted by molar-refractivity contribution is 7.10. The van der Waals surface area contributed by atoms with E-state index in [0.29, 0.717) is 6.42 Å². The Kier molecular flexibility index (Phi) is 4.21. The van der Waals surface area contributed by atoms with Crippen LogP contribution in [0.1, 0.15) is 26.9 Å². The third-order valence-electron chi connectivity index (χ3n) is 2.88. The molecular weight excluding hydrogens is 293 g/mol. The molecule has 1 unspecified atom stereocenters. The lowest BCUT2D eigenvalue weighted by Gasteiger charge is -2.11. The van der Waals surface area contributed by atoms with Crippen molar-refractivity contribution < 1.29 is 13.2 Å². The maximum absolute atomic E-state index is 12.4. The van der Waals surface area contributed by atoms with Crippen LogP contribution < -0.4 is 0 Å². The first-order valence-corrected chi connectivity index (χ1v) is 7.03. The van der Waals surface area contributed by atoms with Crippen LogP contribution in [-0.4, -0.2) is 0 Å². The van der Waals surface area contributed by atoms with Gasteiger partial charge in [0.15, 0.2) is 0 Å². The zero-order chi connectivity index (χ0) is 14.0. The minimum atomic E-state index is -4.29. The first-order chi connectivity index (χ1) is 8.88. The third-order valence-corrected chi connectivity index (χ3v) is 4.52. The molecule has 0 saturated carbocycles. The van der Waals surface area contributed by atoms with Crippen LogP contribution in [-0.2, 0) is 12.6 Å². The first-order valence-electron chi connectivity index (χ1n) is 5.72. The van der Waals surface area contributed by atoms with Crippen LogP contribution in [0, 0.1) is 6.92 Å². The minimum absolute atomic E-state index is 0.197. The number of thiophene rings is 1. The maximum atomic E-state index is 12.4. The predicted octanol–water partition coefficient (Wildman–Crippen LogP) is 5.60. The molecule has 0 nitrogen and oxygen atoms in total. The van der Waals surface area contributed by atoms with Crippen molar-refractivity contribution in [2.24, 2.45) is 0 Å². The highest BCUT2D eigenvalue weighted by atomic mass is 35.5. The predicted molar refractivity (Wildman–Crippen MR) is 72.8 cm³/mol. The molecule has 19 heavy (non-hydrogen) atoms. The third kappa shape index (κ3) is 3.51. The second kappa shape index (κ2) is 5.55. The number of benzene rings is 1. The molecule has 0 amide bonds. The number of hydrogen-bond acceptors (Lipinski definition) is 1. The molecule has 1 atom stereocenters. The maximum Gasteiger partial charge on any atom is 0.416 e. The summed E-state index contributed by atoms with van der Waals surface area (Å²) in [5.74, 6) is 0. The molecule has 0 aliphatic carbocycles. The van der Waals surface area contributed by atoms with Crippen LogP contribution >= 0.6 is 22.9 Å². The van der Waals surface area contributed by atoms with Gasteiger partial charge in [-0.05, 0) is 48.1 Å². The summed E-state index contributed by atoms with van der Waals surface area (Å²) in [6.07, 6.45) is -3.76. The first kappa shape index (κ1) is 14.4. The number of alkyl halides is 4. The van der Waals surface area contributed by atoms with Gasteiger partial charge in [0.05, 0.1) is 10.9 Å². The number of aryl methyl sites for hydroxylation is 1. The molecule has 5 heteroatoms. The molecule has 0 saturated heterocycles. The Morgan fingerprint density at radius 1 is 1.16 bits per heavy atom. The zero-order valence-electron chi connectivity index (χ0n) is 10.2. The van der Waals surface area contributed by atoms with Crippen LogP contribution in [0.15, 0.2) is 35.7 Å². The van der Waals surface area contributed by atoms with Crippen molar-refractivity contribution in [3.05, 3.63) is 57.3 Å². The van der Waals surface area contributed by atoms with Gasteiger partial charge >= 0.3 is 6.18 Å². The molecule has 1 aromatic carbocycles. The Morgan fingerprint density at radius 3 is 2.26 bits per heavy atom. The summed E-state index contributed by atoms with van der Waals surface area (Å²) in [5, 5.41) is 1.77. The molecule has 1 aromatic heterocycles. The monoisotopic (exact) mass is 304 g/mol. The van der Waals surface area contributed by atoms with Gasteiger partial charge in [-0.2, -0.15) is 13.2 Å². The van der Waals surface area contributed by atoms with E-state index in [4.69, 9.17) is 11.6 Å². The smallest absolute Gasteiger partial charge is 0.166 e. The van der Waals surface area contributed by atoms with Crippen LogP contribution in [0.4, 0.5) is 13.2 Å². The summed E-state index contributed by atoms with van der Waals surface area (Å²) in [6.45, 7) is 1.98. The number of halogens is 4. The van der Waals surface area contributed by atoms with E-state index in [1.54, 1.807) is 11.3 Å². The van der Waals surface area contributed by atoms with E-state index in [9.17, 15) is 13.2 Å². The highest BCUT2D eigenvalue weighted by Crippen LogP contribution is 2.33. The van der Waals surface area contributed by atoms with Gasteiger partial charge in [-0.15, -0.1) is 22.9 Å².